The highest BCUT2D eigenvalue weighted by Gasteiger charge is 2.55. The Bertz CT molecular complexity index is 1440. The molecule has 7 nitrogen and oxygen atoms in total. The van der Waals surface area contributed by atoms with Crippen molar-refractivity contribution in [3.8, 4) is 11.3 Å². The van der Waals surface area contributed by atoms with Gasteiger partial charge in [-0.25, -0.2) is 9.97 Å². The molecule has 7 heteroatoms. The molecule has 1 saturated heterocycles. The van der Waals surface area contributed by atoms with Gasteiger partial charge in [-0.2, -0.15) is 0 Å². The Labute approximate surface area is 203 Å². The molecule has 6 rings (SSSR count). The lowest BCUT2D eigenvalue weighted by atomic mass is 9.87. The van der Waals surface area contributed by atoms with Crippen LogP contribution in [0.3, 0.4) is 0 Å². The minimum absolute atomic E-state index is 0.0622. The zero-order valence-corrected chi connectivity index (χ0v) is 19.5. The largest absolute Gasteiger partial charge is 0.382 e. The van der Waals surface area contributed by atoms with Crippen molar-refractivity contribution >= 4 is 17.2 Å². The highest BCUT2D eigenvalue weighted by molar-refractivity contribution is 5.89. The van der Waals surface area contributed by atoms with Crippen molar-refractivity contribution in [2.45, 2.75) is 37.5 Å². The number of nitrogen functional groups attached to an aromatic ring is 1. The molecule has 2 aromatic carbocycles. The van der Waals surface area contributed by atoms with Crippen molar-refractivity contribution in [2.75, 3.05) is 5.73 Å². The van der Waals surface area contributed by atoms with E-state index in [2.05, 4.69) is 11.6 Å². The molecule has 3 heterocycles. The highest BCUT2D eigenvalue weighted by Crippen LogP contribution is 2.53. The molecule has 1 saturated carbocycles. The summed E-state index contributed by atoms with van der Waals surface area (Å²) in [7, 11) is 0. The number of nitrogens with two attached hydrogens (primary N) is 1. The van der Waals surface area contributed by atoms with E-state index < -0.39 is 5.60 Å². The molecule has 4 aromatic rings. The smallest absolute Gasteiger partial charge is 0.246 e. The van der Waals surface area contributed by atoms with Gasteiger partial charge in [-0.1, -0.05) is 61.2 Å². The molecule has 4 atom stereocenters. The third-order valence-corrected chi connectivity index (χ3v) is 7.50. The number of aromatic nitrogens is 3. The van der Waals surface area contributed by atoms with Crippen LogP contribution in [0.2, 0.25) is 0 Å². The van der Waals surface area contributed by atoms with Gasteiger partial charge in [-0.05, 0) is 42.9 Å². The van der Waals surface area contributed by atoms with Crippen LogP contribution >= 0.6 is 0 Å². The number of aliphatic hydroxyl groups is 1. The summed E-state index contributed by atoms with van der Waals surface area (Å²) >= 11 is 0. The van der Waals surface area contributed by atoms with E-state index in [1.807, 2.05) is 70.1 Å². The summed E-state index contributed by atoms with van der Waals surface area (Å²) in [6.07, 6.45) is 6.82. The summed E-state index contributed by atoms with van der Waals surface area (Å²) in [4.78, 5) is 23.9. The average Bonchev–Trinajstić information content (AvgIpc) is 3.37. The van der Waals surface area contributed by atoms with Gasteiger partial charge in [0.05, 0.1) is 6.04 Å². The van der Waals surface area contributed by atoms with Gasteiger partial charge in [0.15, 0.2) is 0 Å². The van der Waals surface area contributed by atoms with Crippen LogP contribution in [0.25, 0.3) is 16.8 Å². The van der Waals surface area contributed by atoms with E-state index in [0.29, 0.717) is 17.4 Å². The summed E-state index contributed by atoms with van der Waals surface area (Å²) in [5.41, 5.74) is 9.10. The van der Waals surface area contributed by atoms with Gasteiger partial charge in [0.2, 0.25) is 5.91 Å². The van der Waals surface area contributed by atoms with Gasteiger partial charge in [0.1, 0.15) is 28.5 Å². The zero-order chi connectivity index (χ0) is 24.3. The fraction of sp³-hybridized carbons (Fsp3) is 0.250. The van der Waals surface area contributed by atoms with Crippen molar-refractivity contribution in [3.63, 3.8) is 0 Å². The van der Waals surface area contributed by atoms with Crippen LogP contribution in [0.1, 0.15) is 42.8 Å². The Hall–Kier alpha value is -3.97. The predicted molar refractivity (Wildman–Crippen MR) is 134 cm³/mol. The number of carbonyl (C=O) groups is 1. The Balaban J connectivity index is 1.43. The molecule has 3 unspecified atom stereocenters. The van der Waals surface area contributed by atoms with Gasteiger partial charge >= 0.3 is 0 Å². The van der Waals surface area contributed by atoms with Gasteiger partial charge in [0.25, 0.3) is 0 Å². The fourth-order valence-electron chi connectivity index (χ4n) is 5.51. The Kier molecular flexibility index (Phi) is 4.79. The number of piperidine rings is 1. The first-order valence-corrected chi connectivity index (χ1v) is 11.9. The highest BCUT2D eigenvalue weighted by atomic mass is 16.3. The van der Waals surface area contributed by atoms with E-state index in [1.54, 1.807) is 13.1 Å². The van der Waals surface area contributed by atoms with Crippen molar-refractivity contribution in [3.05, 3.63) is 96.6 Å². The maximum Gasteiger partial charge on any atom is 0.246 e. The van der Waals surface area contributed by atoms with Gasteiger partial charge in [-0.15, -0.1) is 0 Å². The fourth-order valence-corrected chi connectivity index (χ4v) is 5.51. The molecule has 0 radical (unpaired) electrons. The molecule has 35 heavy (non-hydrogen) atoms. The normalized spacial score (nSPS) is 22.6. The van der Waals surface area contributed by atoms with Crippen LogP contribution in [-0.2, 0) is 10.4 Å². The first-order chi connectivity index (χ1) is 16.9. The number of anilines is 1. The number of carbonyl (C=O) groups excluding carboxylic acids is 1. The second kappa shape index (κ2) is 7.78. The van der Waals surface area contributed by atoms with E-state index in [1.165, 1.54) is 6.08 Å². The number of amides is 1. The SMILES string of the molecule is C=CC(=O)N1C2CC2C[C@H]1c1nc(-c2ccc(C(C)(O)c3ccccc3)cc2)c2c(N)nccn12. The molecule has 1 aliphatic heterocycles. The van der Waals surface area contributed by atoms with E-state index in [0.717, 1.165) is 40.9 Å². The van der Waals surface area contributed by atoms with Crippen molar-refractivity contribution in [1.29, 1.82) is 0 Å². The van der Waals surface area contributed by atoms with Gasteiger partial charge in [0, 0.05) is 24.0 Å². The first kappa shape index (κ1) is 21.6. The number of hydrogen-bond acceptors (Lipinski definition) is 5. The average molecular weight is 466 g/mol. The number of hydrogen-bond donors (Lipinski definition) is 2. The molecule has 2 fully saturated rings. The number of imidazole rings is 1. The lowest BCUT2D eigenvalue weighted by Gasteiger charge is -2.25. The van der Waals surface area contributed by atoms with Crippen molar-refractivity contribution in [2.24, 2.45) is 5.92 Å². The predicted octanol–water partition coefficient (Wildman–Crippen LogP) is 4.08. The number of rotatable bonds is 5. The molecule has 0 spiro atoms. The number of likely N-dealkylation sites (tertiary alicyclic amines) is 1. The van der Waals surface area contributed by atoms with Crippen LogP contribution in [0.5, 0.6) is 0 Å². The van der Waals surface area contributed by atoms with Crippen LogP contribution < -0.4 is 5.73 Å². The quantitative estimate of drug-likeness (QED) is 0.433. The first-order valence-electron chi connectivity index (χ1n) is 11.9. The van der Waals surface area contributed by atoms with Crippen LogP contribution in [-0.4, -0.2) is 36.3 Å². The molecular weight excluding hydrogens is 438 g/mol. The molecule has 2 aliphatic rings. The third kappa shape index (κ3) is 3.34. The minimum atomic E-state index is -1.13. The Morgan fingerprint density at radius 3 is 2.57 bits per heavy atom. The lowest BCUT2D eigenvalue weighted by Crippen LogP contribution is -2.33. The summed E-state index contributed by atoms with van der Waals surface area (Å²) < 4.78 is 1.96. The Morgan fingerprint density at radius 1 is 1.14 bits per heavy atom. The standard InChI is InChI=1S/C28H27N5O2/c1-3-23(34)33-21-15-18(21)16-22(33)27-31-24(25-26(29)30-13-14-32(25)27)17-9-11-20(12-10-17)28(2,35)19-7-5-4-6-8-19/h3-14,18,21-22,35H,1,15-16H2,2H3,(H2,29,30)/t18?,21?,22-,28?/m0/s1. The van der Waals surface area contributed by atoms with Crippen molar-refractivity contribution < 1.29 is 9.90 Å². The molecule has 3 N–H and O–H groups in total. The van der Waals surface area contributed by atoms with E-state index in [4.69, 9.17) is 10.7 Å². The maximum absolute atomic E-state index is 12.7. The van der Waals surface area contributed by atoms with Crippen molar-refractivity contribution in [1.82, 2.24) is 19.3 Å². The van der Waals surface area contributed by atoms with E-state index in [9.17, 15) is 9.90 Å². The summed E-state index contributed by atoms with van der Waals surface area (Å²) in [5, 5.41) is 11.2. The van der Waals surface area contributed by atoms with Gasteiger partial charge < -0.3 is 15.7 Å². The summed E-state index contributed by atoms with van der Waals surface area (Å²) in [5.74, 6) is 1.62. The summed E-state index contributed by atoms with van der Waals surface area (Å²) in [6, 6.07) is 17.4. The molecule has 2 aromatic heterocycles. The zero-order valence-electron chi connectivity index (χ0n) is 19.5. The number of nitrogens with zero attached hydrogens (tertiary/aromatic N) is 4. The number of benzene rings is 2. The molecule has 176 valence electrons. The summed E-state index contributed by atoms with van der Waals surface area (Å²) in [6.45, 7) is 5.49. The van der Waals surface area contributed by atoms with Crippen LogP contribution in [0.15, 0.2) is 79.6 Å². The lowest BCUT2D eigenvalue weighted by molar-refractivity contribution is -0.128. The second-order valence-corrected chi connectivity index (χ2v) is 9.63. The van der Waals surface area contributed by atoms with Crippen LogP contribution in [0, 0.1) is 5.92 Å². The number of fused-ring (bicyclic) bond motifs is 2. The minimum Gasteiger partial charge on any atom is -0.382 e. The Morgan fingerprint density at radius 2 is 1.86 bits per heavy atom. The molecule has 1 amide bonds. The maximum atomic E-state index is 12.7. The molecular formula is C28H27N5O2. The van der Waals surface area contributed by atoms with E-state index >= 15 is 0 Å². The second-order valence-electron chi connectivity index (χ2n) is 9.63. The molecule has 0 bridgehead atoms. The third-order valence-electron chi connectivity index (χ3n) is 7.50. The molecule has 1 aliphatic carbocycles. The van der Waals surface area contributed by atoms with Crippen LogP contribution in [0.4, 0.5) is 5.82 Å². The van der Waals surface area contributed by atoms with Gasteiger partial charge in [-0.3, -0.25) is 9.20 Å². The van der Waals surface area contributed by atoms with E-state index in [-0.39, 0.29) is 18.0 Å². The topological polar surface area (TPSA) is 96.8 Å². The monoisotopic (exact) mass is 465 g/mol.